The van der Waals surface area contributed by atoms with E-state index in [0.717, 1.165) is 5.69 Å². The van der Waals surface area contributed by atoms with E-state index in [9.17, 15) is 5.11 Å². The molecule has 0 fully saturated rings. The van der Waals surface area contributed by atoms with E-state index in [1.165, 1.54) is 0 Å². The van der Waals surface area contributed by atoms with E-state index in [0.29, 0.717) is 17.4 Å². The number of aromatic nitrogens is 1. The van der Waals surface area contributed by atoms with Crippen molar-refractivity contribution in [3.63, 3.8) is 0 Å². The Morgan fingerprint density at radius 3 is 2.53 bits per heavy atom. The normalized spacial score (nSPS) is 9.94. The zero-order valence-corrected chi connectivity index (χ0v) is 9.34. The number of phenols is 1. The van der Waals surface area contributed by atoms with Gasteiger partial charge in [0.2, 0.25) is 5.88 Å². The van der Waals surface area contributed by atoms with Crippen LogP contribution in [-0.4, -0.2) is 17.2 Å². The monoisotopic (exact) mass is 231 g/mol. The standard InChI is InChI=1S/C12H13N3O2/c1-17-11-7-6-10(13)12(15-11)14-8-2-4-9(16)5-3-8/h2-7,16H,13H2,1H3,(H,14,15). The molecule has 0 saturated carbocycles. The number of hydrogen-bond acceptors (Lipinski definition) is 5. The first kappa shape index (κ1) is 11.1. The SMILES string of the molecule is COc1ccc(N)c(Nc2ccc(O)cc2)n1. The van der Waals surface area contributed by atoms with Gasteiger partial charge in [0.1, 0.15) is 5.75 Å². The molecule has 0 unspecified atom stereocenters. The van der Waals surface area contributed by atoms with E-state index < -0.39 is 0 Å². The lowest BCUT2D eigenvalue weighted by Crippen LogP contribution is -2.00. The fourth-order valence-corrected chi connectivity index (χ4v) is 1.35. The maximum Gasteiger partial charge on any atom is 0.215 e. The molecule has 1 aromatic heterocycles. The summed E-state index contributed by atoms with van der Waals surface area (Å²) in [6.45, 7) is 0. The Morgan fingerprint density at radius 2 is 1.88 bits per heavy atom. The number of nitrogens with one attached hydrogen (secondary N) is 1. The van der Waals surface area contributed by atoms with Gasteiger partial charge < -0.3 is 20.9 Å². The quantitative estimate of drug-likeness (QED) is 0.705. The fourth-order valence-electron chi connectivity index (χ4n) is 1.35. The van der Waals surface area contributed by atoms with E-state index in [4.69, 9.17) is 10.5 Å². The topological polar surface area (TPSA) is 80.4 Å². The highest BCUT2D eigenvalue weighted by molar-refractivity contribution is 5.69. The number of rotatable bonds is 3. The number of anilines is 3. The first-order valence-electron chi connectivity index (χ1n) is 5.05. The van der Waals surface area contributed by atoms with Gasteiger partial charge in [0.15, 0.2) is 5.82 Å². The number of pyridine rings is 1. The lowest BCUT2D eigenvalue weighted by molar-refractivity contribution is 0.398. The smallest absolute Gasteiger partial charge is 0.215 e. The molecule has 0 radical (unpaired) electrons. The van der Waals surface area contributed by atoms with E-state index in [2.05, 4.69) is 10.3 Å². The molecule has 5 heteroatoms. The Hall–Kier alpha value is -2.43. The zero-order chi connectivity index (χ0) is 12.3. The minimum absolute atomic E-state index is 0.210. The van der Waals surface area contributed by atoms with Crippen molar-refractivity contribution in [1.29, 1.82) is 0 Å². The molecule has 1 aromatic carbocycles. The van der Waals surface area contributed by atoms with Crippen molar-refractivity contribution in [3.8, 4) is 11.6 Å². The van der Waals surface area contributed by atoms with E-state index >= 15 is 0 Å². The average molecular weight is 231 g/mol. The number of nitrogens with zero attached hydrogens (tertiary/aromatic N) is 1. The van der Waals surface area contributed by atoms with Crippen LogP contribution in [-0.2, 0) is 0 Å². The van der Waals surface area contributed by atoms with Crippen LogP contribution in [0.5, 0.6) is 11.6 Å². The highest BCUT2D eigenvalue weighted by Crippen LogP contribution is 2.24. The summed E-state index contributed by atoms with van der Waals surface area (Å²) in [7, 11) is 1.54. The first-order valence-corrected chi connectivity index (χ1v) is 5.05. The van der Waals surface area contributed by atoms with Crippen LogP contribution in [0.15, 0.2) is 36.4 Å². The van der Waals surface area contributed by atoms with Crippen molar-refractivity contribution >= 4 is 17.2 Å². The third-order valence-corrected chi connectivity index (χ3v) is 2.24. The number of methoxy groups -OCH3 is 1. The predicted octanol–water partition coefficient (Wildman–Crippen LogP) is 2.12. The first-order chi connectivity index (χ1) is 8.19. The van der Waals surface area contributed by atoms with Crippen molar-refractivity contribution in [1.82, 2.24) is 4.98 Å². The molecule has 0 bridgehead atoms. The summed E-state index contributed by atoms with van der Waals surface area (Å²) < 4.78 is 5.02. The number of hydrogen-bond donors (Lipinski definition) is 3. The molecule has 1 heterocycles. The number of benzene rings is 1. The van der Waals surface area contributed by atoms with Crippen LogP contribution in [0.4, 0.5) is 17.2 Å². The van der Waals surface area contributed by atoms with E-state index in [1.807, 2.05) is 0 Å². The van der Waals surface area contributed by atoms with Gasteiger partial charge in [0, 0.05) is 11.8 Å². The second-order valence-corrected chi connectivity index (χ2v) is 3.46. The van der Waals surface area contributed by atoms with Crippen LogP contribution in [0.1, 0.15) is 0 Å². The van der Waals surface area contributed by atoms with Gasteiger partial charge in [0.05, 0.1) is 12.8 Å². The lowest BCUT2D eigenvalue weighted by Gasteiger charge is -2.09. The molecule has 2 rings (SSSR count). The van der Waals surface area contributed by atoms with Gasteiger partial charge in [0.25, 0.3) is 0 Å². The molecule has 0 saturated heterocycles. The number of nitrogens with two attached hydrogens (primary N) is 1. The summed E-state index contributed by atoms with van der Waals surface area (Å²) in [5.74, 6) is 1.22. The average Bonchev–Trinajstić information content (AvgIpc) is 2.35. The molecule has 17 heavy (non-hydrogen) atoms. The Morgan fingerprint density at radius 1 is 1.18 bits per heavy atom. The molecule has 5 nitrogen and oxygen atoms in total. The molecular formula is C12H13N3O2. The van der Waals surface area contributed by atoms with Crippen molar-refractivity contribution in [3.05, 3.63) is 36.4 Å². The third-order valence-electron chi connectivity index (χ3n) is 2.24. The van der Waals surface area contributed by atoms with Gasteiger partial charge in [-0.15, -0.1) is 0 Å². The van der Waals surface area contributed by atoms with Crippen LogP contribution in [0.3, 0.4) is 0 Å². The molecule has 0 aliphatic rings. The fraction of sp³-hybridized carbons (Fsp3) is 0.0833. The molecule has 0 aliphatic heterocycles. The van der Waals surface area contributed by atoms with Crippen LogP contribution in [0.25, 0.3) is 0 Å². The second-order valence-electron chi connectivity index (χ2n) is 3.46. The van der Waals surface area contributed by atoms with Gasteiger partial charge in [-0.3, -0.25) is 0 Å². The summed E-state index contributed by atoms with van der Waals surface area (Å²) in [5, 5.41) is 12.2. The van der Waals surface area contributed by atoms with Gasteiger partial charge in [-0.1, -0.05) is 0 Å². The summed E-state index contributed by atoms with van der Waals surface area (Å²) in [6.07, 6.45) is 0. The molecule has 2 aromatic rings. The summed E-state index contributed by atoms with van der Waals surface area (Å²) in [6, 6.07) is 10.0. The van der Waals surface area contributed by atoms with E-state index in [1.54, 1.807) is 43.5 Å². The molecular weight excluding hydrogens is 218 g/mol. The van der Waals surface area contributed by atoms with Gasteiger partial charge in [-0.2, -0.15) is 4.98 Å². The minimum Gasteiger partial charge on any atom is -0.508 e. The molecule has 0 spiro atoms. The second kappa shape index (κ2) is 4.61. The number of aromatic hydroxyl groups is 1. The number of ether oxygens (including phenoxy) is 1. The third kappa shape index (κ3) is 2.57. The Kier molecular flexibility index (Phi) is 3.00. The Labute approximate surface area is 98.9 Å². The maximum absolute atomic E-state index is 9.17. The number of phenolic OH excluding ortho intramolecular Hbond substituents is 1. The van der Waals surface area contributed by atoms with Crippen LogP contribution >= 0.6 is 0 Å². The van der Waals surface area contributed by atoms with Gasteiger partial charge >= 0.3 is 0 Å². The van der Waals surface area contributed by atoms with Crippen LogP contribution in [0.2, 0.25) is 0 Å². The Bertz CT molecular complexity index is 512. The van der Waals surface area contributed by atoms with Gasteiger partial charge in [-0.25, -0.2) is 0 Å². The molecule has 0 atom stereocenters. The van der Waals surface area contributed by atoms with Gasteiger partial charge in [-0.05, 0) is 30.3 Å². The lowest BCUT2D eigenvalue weighted by atomic mass is 10.3. The zero-order valence-electron chi connectivity index (χ0n) is 9.34. The van der Waals surface area contributed by atoms with Crippen molar-refractivity contribution < 1.29 is 9.84 Å². The van der Waals surface area contributed by atoms with Crippen molar-refractivity contribution in [2.45, 2.75) is 0 Å². The predicted molar refractivity (Wildman–Crippen MR) is 66.6 cm³/mol. The van der Waals surface area contributed by atoms with Crippen LogP contribution < -0.4 is 15.8 Å². The van der Waals surface area contributed by atoms with Crippen molar-refractivity contribution in [2.24, 2.45) is 0 Å². The maximum atomic E-state index is 9.17. The molecule has 0 aliphatic carbocycles. The minimum atomic E-state index is 0.210. The van der Waals surface area contributed by atoms with Crippen molar-refractivity contribution in [2.75, 3.05) is 18.2 Å². The highest BCUT2D eigenvalue weighted by atomic mass is 16.5. The number of nitrogen functional groups attached to an aromatic ring is 1. The van der Waals surface area contributed by atoms with E-state index in [-0.39, 0.29) is 5.75 Å². The largest absolute Gasteiger partial charge is 0.508 e. The van der Waals surface area contributed by atoms with Crippen LogP contribution in [0, 0.1) is 0 Å². The summed E-state index contributed by atoms with van der Waals surface area (Å²) in [5.41, 5.74) is 7.11. The summed E-state index contributed by atoms with van der Waals surface area (Å²) in [4.78, 5) is 4.19. The molecule has 0 amide bonds. The molecule has 4 N–H and O–H groups in total. The summed E-state index contributed by atoms with van der Waals surface area (Å²) >= 11 is 0. The Balaban J connectivity index is 2.25. The molecule has 88 valence electrons. The highest BCUT2D eigenvalue weighted by Gasteiger charge is 2.03.